The molecule has 0 fully saturated rings. The highest BCUT2D eigenvalue weighted by molar-refractivity contribution is 7.98. The van der Waals surface area contributed by atoms with Gasteiger partial charge in [-0.2, -0.15) is 5.10 Å². The van der Waals surface area contributed by atoms with Crippen LogP contribution < -0.4 is 5.32 Å². The maximum atomic E-state index is 12.4. The Morgan fingerprint density at radius 1 is 1.06 bits per heavy atom. The Hall–Kier alpha value is -3.10. The summed E-state index contributed by atoms with van der Waals surface area (Å²) in [5, 5.41) is 17.4. The number of carbonyl (C=O) groups excluding carboxylic acids is 1. The summed E-state index contributed by atoms with van der Waals surface area (Å²) < 4.78 is 3.65. The summed E-state index contributed by atoms with van der Waals surface area (Å²) in [4.78, 5) is 12.4. The number of thioether (sulfide) groups is 1. The zero-order valence-corrected chi connectivity index (χ0v) is 19.2. The van der Waals surface area contributed by atoms with Crippen LogP contribution in [0.5, 0.6) is 0 Å². The lowest BCUT2D eigenvalue weighted by Gasteiger charge is -2.11. The second-order valence-electron chi connectivity index (χ2n) is 7.28. The van der Waals surface area contributed by atoms with E-state index >= 15 is 0 Å². The molecule has 32 heavy (non-hydrogen) atoms. The molecule has 9 heteroatoms. The van der Waals surface area contributed by atoms with Gasteiger partial charge < -0.3 is 9.88 Å². The Balaban J connectivity index is 1.48. The van der Waals surface area contributed by atoms with Gasteiger partial charge in [0.25, 0.3) is 0 Å². The first-order valence-corrected chi connectivity index (χ1v) is 11.5. The van der Waals surface area contributed by atoms with Crippen molar-refractivity contribution < 1.29 is 4.79 Å². The van der Waals surface area contributed by atoms with Crippen molar-refractivity contribution in [2.45, 2.75) is 37.5 Å². The number of hydrogen-bond acceptors (Lipinski definition) is 5. The zero-order valence-electron chi connectivity index (χ0n) is 17.6. The Kier molecular flexibility index (Phi) is 7.24. The molecule has 4 aromatic rings. The summed E-state index contributed by atoms with van der Waals surface area (Å²) in [7, 11) is 0. The average molecular weight is 467 g/mol. The Morgan fingerprint density at radius 2 is 1.84 bits per heavy atom. The lowest BCUT2D eigenvalue weighted by molar-refractivity contribution is -0.122. The smallest absolute Gasteiger partial charge is 0.242 e. The van der Waals surface area contributed by atoms with Crippen molar-refractivity contribution in [1.29, 1.82) is 0 Å². The molecule has 0 unspecified atom stereocenters. The number of benzene rings is 2. The van der Waals surface area contributed by atoms with Crippen molar-refractivity contribution in [2.24, 2.45) is 0 Å². The molecule has 0 spiro atoms. The molecule has 0 saturated heterocycles. The Morgan fingerprint density at radius 3 is 2.59 bits per heavy atom. The number of rotatable bonds is 9. The van der Waals surface area contributed by atoms with Crippen LogP contribution in [0, 0.1) is 6.92 Å². The molecule has 0 aliphatic rings. The van der Waals surface area contributed by atoms with Crippen molar-refractivity contribution in [3.05, 3.63) is 94.5 Å². The second-order valence-corrected chi connectivity index (χ2v) is 8.63. The minimum atomic E-state index is -0.132. The lowest BCUT2D eigenvalue weighted by Crippen LogP contribution is -2.28. The normalized spacial score (nSPS) is 10.9. The molecule has 7 nitrogen and oxygen atoms in total. The largest absolute Gasteiger partial charge is 0.347 e. The third kappa shape index (κ3) is 5.77. The summed E-state index contributed by atoms with van der Waals surface area (Å²) in [6.45, 7) is 2.95. The van der Waals surface area contributed by atoms with E-state index in [-0.39, 0.29) is 19.0 Å². The van der Waals surface area contributed by atoms with Crippen LogP contribution in [0.25, 0.3) is 0 Å². The minimum absolute atomic E-state index is 0.132. The highest BCUT2D eigenvalue weighted by Crippen LogP contribution is 2.26. The Labute approximate surface area is 195 Å². The van der Waals surface area contributed by atoms with Gasteiger partial charge in [-0.05, 0) is 30.2 Å². The third-order valence-electron chi connectivity index (χ3n) is 4.81. The van der Waals surface area contributed by atoms with Crippen molar-refractivity contribution in [3.8, 4) is 0 Å². The van der Waals surface area contributed by atoms with Crippen LogP contribution in [-0.2, 0) is 30.2 Å². The van der Waals surface area contributed by atoms with Crippen molar-refractivity contribution >= 4 is 29.3 Å². The van der Waals surface area contributed by atoms with Gasteiger partial charge in [0.05, 0.1) is 18.8 Å². The predicted molar refractivity (Wildman–Crippen MR) is 125 cm³/mol. The number of nitrogens with zero attached hydrogens (tertiary/aromatic N) is 5. The molecule has 0 bridgehead atoms. The number of amides is 1. The highest BCUT2D eigenvalue weighted by atomic mass is 35.5. The van der Waals surface area contributed by atoms with E-state index in [1.54, 1.807) is 22.6 Å². The van der Waals surface area contributed by atoms with Crippen LogP contribution in [0.2, 0.25) is 5.02 Å². The molecule has 0 atom stereocenters. The molecule has 1 amide bonds. The summed E-state index contributed by atoms with van der Waals surface area (Å²) in [6, 6.07) is 19.8. The van der Waals surface area contributed by atoms with Gasteiger partial charge in [0, 0.05) is 17.0 Å². The third-order valence-corrected chi connectivity index (χ3v) is 6.20. The monoisotopic (exact) mass is 466 g/mol. The topological polar surface area (TPSA) is 77.6 Å². The molecular formula is C23H23ClN6OS. The standard InChI is InChI=1S/C23H23ClN6OS/c1-17-11-12-29(28-17)15-22(31)25-13-21-26-27-23(30(21)14-18-7-3-2-4-8-18)32-16-19-9-5-6-10-20(19)24/h2-12H,13-16H2,1H3,(H,25,31). The van der Waals surface area contributed by atoms with Crippen LogP contribution in [0.15, 0.2) is 72.0 Å². The predicted octanol–water partition coefficient (Wildman–Crippen LogP) is 4.09. The first-order valence-electron chi connectivity index (χ1n) is 10.2. The number of carbonyl (C=O) groups is 1. The number of halogens is 1. The van der Waals surface area contributed by atoms with E-state index in [1.807, 2.05) is 60.0 Å². The van der Waals surface area contributed by atoms with Crippen LogP contribution >= 0.6 is 23.4 Å². The van der Waals surface area contributed by atoms with Gasteiger partial charge in [-0.15, -0.1) is 10.2 Å². The fourth-order valence-electron chi connectivity index (χ4n) is 3.17. The van der Waals surface area contributed by atoms with Crippen LogP contribution in [-0.4, -0.2) is 30.5 Å². The summed E-state index contributed by atoms with van der Waals surface area (Å²) in [5.41, 5.74) is 3.05. The first kappa shape index (κ1) is 22.1. The zero-order chi connectivity index (χ0) is 22.3. The molecule has 0 saturated carbocycles. The van der Waals surface area contributed by atoms with E-state index in [4.69, 9.17) is 11.6 Å². The fraction of sp³-hybridized carbons (Fsp3) is 0.217. The van der Waals surface area contributed by atoms with Gasteiger partial charge in [-0.3, -0.25) is 9.48 Å². The first-order chi connectivity index (χ1) is 15.6. The van der Waals surface area contributed by atoms with Gasteiger partial charge >= 0.3 is 0 Å². The molecule has 0 radical (unpaired) electrons. The second kappa shape index (κ2) is 10.5. The SMILES string of the molecule is Cc1ccn(CC(=O)NCc2nnc(SCc3ccccc3Cl)n2Cc2ccccc2)n1. The molecule has 2 heterocycles. The molecule has 4 rings (SSSR count). The summed E-state index contributed by atoms with van der Waals surface area (Å²) in [5.74, 6) is 1.24. The van der Waals surface area contributed by atoms with E-state index in [9.17, 15) is 4.79 Å². The van der Waals surface area contributed by atoms with Gasteiger partial charge in [0.2, 0.25) is 5.91 Å². The van der Waals surface area contributed by atoms with Crippen LogP contribution in [0.4, 0.5) is 0 Å². The summed E-state index contributed by atoms with van der Waals surface area (Å²) in [6.07, 6.45) is 1.79. The van der Waals surface area contributed by atoms with Gasteiger partial charge in [-0.25, -0.2) is 0 Å². The van der Waals surface area contributed by atoms with E-state index in [1.165, 1.54) is 0 Å². The number of hydrogen-bond donors (Lipinski definition) is 1. The molecule has 164 valence electrons. The van der Waals surface area contributed by atoms with Crippen LogP contribution in [0.3, 0.4) is 0 Å². The van der Waals surface area contributed by atoms with Crippen LogP contribution in [0.1, 0.15) is 22.6 Å². The van der Waals surface area contributed by atoms with E-state index in [2.05, 4.69) is 32.7 Å². The van der Waals surface area contributed by atoms with E-state index in [0.717, 1.165) is 27.0 Å². The van der Waals surface area contributed by atoms with Gasteiger partial charge in [0.1, 0.15) is 6.54 Å². The fourth-order valence-corrected chi connectivity index (χ4v) is 4.41. The molecule has 2 aromatic heterocycles. The highest BCUT2D eigenvalue weighted by Gasteiger charge is 2.15. The van der Waals surface area contributed by atoms with E-state index < -0.39 is 0 Å². The lowest BCUT2D eigenvalue weighted by atomic mass is 10.2. The summed E-state index contributed by atoms with van der Waals surface area (Å²) >= 11 is 7.88. The molecule has 2 aromatic carbocycles. The Bertz CT molecular complexity index is 1190. The number of aryl methyl sites for hydroxylation is 1. The van der Waals surface area contributed by atoms with E-state index in [0.29, 0.717) is 18.1 Å². The molecule has 1 N–H and O–H groups in total. The maximum absolute atomic E-state index is 12.4. The quantitative estimate of drug-likeness (QED) is 0.376. The minimum Gasteiger partial charge on any atom is -0.347 e. The van der Waals surface area contributed by atoms with Gasteiger partial charge in [-0.1, -0.05) is 71.9 Å². The maximum Gasteiger partial charge on any atom is 0.242 e. The van der Waals surface area contributed by atoms with Crippen molar-refractivity contribution in [1.82, 2.24) is 29.9 Å². The number of nitrogens with one attached hydrogen (secondary N) is 1. The average Bonchev–Trinajstić information content (AvgIpc) is 3.38. The van der Waals surface area contributed by atoms with Crippen molar-refractivity contribution in [2.75, 3.05) is 0 Å². The molecule has 0 aliphatic carbocycles. The van der Waals surface area contributed by atoms with Crippen molar-refractivity contribution in [3.63, 3.8) is 0 Å². The van der Waals surface area contributed by atoms with Gasteiger partial charge in [0.15, 0.2) is 11.0 Å². The molecular weight excluding hydrogens is 444 g/mol. The molecule has 0 aliphatic heterocycles. The number of aromatic nitrogens is 5.